The Balaban J connectivity index is 1.42. The van der Waals surface area contributed by atoms with Crippen LogP contribution in [-0.4, -0.2) is 65.0 Å². The van der Waals surface area contributed by atoms with Crippen LogP contribution < -0.4 is 16.0 Å². The normalized spacial score (nSPS) is 21.3. The number of hydrogen-bond acceptors (Lipinski definition) is 5. The first-order valence-corrected chi connectivity index (χ1v) is 12.4. The van der Waals surface area contributed by atoms with Gasteiger partial charge in [0.05, 0.1) is 12.2 Å². The number of nitrogens with one attached hydrogen (secondary N) is 3. The Bertz CT molecular complexity index is 985. The van der Waals surface area contributed by atoms with Crippen molar-refractivity contribution in [1.29, 1.82) is 0 Å². The molecule has 0 bridgehead atoms. The Labute approximate surface area is 204 Å². The van der Waals surface area contributed by atoms with E-state index < -0.39 is 29.7 Å². The van der Waals surface area contributed by atoms with Gasteiger partial charge < -0.3 is 20.9 Å². The van der Waals surface area contributed by atoms with E-state index in [0.717, 1.165) is 36.4 Å². The maximum atomic E-state index is 13.9. The van der Waals surface area contributed by atoms with Crippen LogP contribution >= 0.6 is 0 Å². The van der Waals surface area contributed by atoms with E-state index in [1.54, 1.807) is 24.3 Å². The minimum Gasteiger partial charge on any atom is -0.363 e. The van der Waals surface area contributed by atoms with E-state index in [0.29, 0.717) is 6.54 Å². The fourth-order valence-electron chi connectivity index (χ4n) is 4.87. The van der Waals surface area contributed by atoms with Crippen molar-refractivity contribution in [3.05, 3.63) is 47.7 Å². The van der Waals surface area contributed by atoms with Crippen molar-refractivity contribution in [2.75, 3.05) is 38.0 Å². The number of hydrogen-bond donors (Lipinski definition) is 3. The van der Waals surface area contributed by atoms with Gasteiger partial charge in [-0.25, -0.2) is 4.68 Å². The monoisotopic (exact) mass is 492 g/mol. The van der Waals surface area contributed by atoms with Gasteiger partial charge in [0.25, 0.3) is 5.91 Å². The van der Waals surface area contributed by atoms with Crippen LogP contribution in [0.15, 0.2) is 36.5 Å². The number of amides is 1. The zero-order chi connectivity index (χ0) is 25.1. The van der Waals surface area contributed by atoms with Gasteiger partial charge in [-0.3, -0.25) is 4.79 Å². The number of aromatic nitrogens is 2. The third kappa shape index (κ3) is 6.35. The third-order valence-electron chi connectivity index (χ3n) is 6.76. The van der Waals surface area contributed by atoms with Crippen molar-refractivity contribution < 1.29 is 18.0 Å². The molecular formula is C25H35F3N6O. The Hall–Kier alpha value is -2.59. The number of carbonyl (C=O) groups is 1. The van der Waals surface area contributed by atoms with Gasteiger partial charge in [-0.15, -0.1) is 0 Å². The molecule has 1 amide bonds. The lowest BCUT2D eigenvalue weighted by Gasteiger charge is -2.34. The summed E-state index contributed by atoms with van der Waals surface area (Å²) in [5, 5.41) is 13.5. The lowest BCUT2D eigenvalue weighted by atomic mass is 9.96. The van der Waals surface area contributed by atoms with Crippen LogP contribution in [0.3, 0.4) is 0 Å². The van der Waals surface area contributed by atoms with Crippen LogP contribution in [0, 0.1) is 0 Å². The van der Waals surface area contributed by atoms with Crippen molar-refractivity contribution in [2.45, 2.75) is 63.3 Å². The van der Waals surface area contributed by atoms with Crippen molar-refractivity contribution in [3.8, 4) is 0 Å². The second-order valence-electron chi connectivity index (χ2n) is 10.2. The number of carbonyl (C=O) groups excluding carboxylic acids is 1. The predicted molar refractivity (Wildman–Crippen MR) is 129 cm³/mol. The molecule has 1 fully saturated rings. The van der Waals surface area contributed by atoms with Gasteiger partial charge in [-0.2, -0.15) is 18.3 Å². The summed E-state index contributed by atoms with van der Waals surface area (Å²) in [4.78, 5) is 15.6. The molecule has 2 atom stereocenters. The number of rotatable bonds is 8. The Morgan fingerprint density at radius 1 is 1.14 bits per heavy atom. The molecule has 0 spiro atoms. The molecule has 0 saturated carbocycles. The lowest BCUT2D eigenvalue weighted by molar-refractivity contribution is -0.173. The molecule has 7 nitrogen and oxygen atoms in total. The van der Waals surface area contributed by atoms with E-state index in [4.69, 9.17) is 0 Å². The Kier molecular flexibility index (Phi) is 7.70. The molecule has 2 aliphatic rings. The quantitative estimate of drug-likeness (QED) is 0.484. The summed E-state index contributed by atoms with van der Waals surface area (Å²) in [6, 6.07) is 6.59. The topological polar surface area (TPSA) is 74.2 Å². The minimum absolute atomic E-state index is 0.0961. The highest BCUT2D eigenvalue weighted by Crippen LogP contribution is 2.44. The van der Waals surface area contributed by atoms with Crippen LogP contribution in [0.1, 0.15) is 67.5 Å². The SMILES string of the molecule is CC(C)(CNCCN1CCCCC1)NC(=O)c1cnn2c1NC(c1ccccc1)C[C@H]2C(F)(F)F. The summed E-state index contributed by atoms with van der Waals surface area (Å²) < 4.78 is 42.6. The molecule has 2 aromatic rings. The highest BCUT2D eigenvalue weighted by Gasteiger charge is 2.47. The molecule has 1 unspecified atom stereocenters. The molecule has 4 rings (SSSR count). The molecule has 1 saturated heterocycles. The molecule has 1 aromatic carbocycles. The molecule has 35 heavy (non-hydrogen) atoms. The van der Waals surface area contributed by atoms with E-state index in [2.05, 4.69) is 25.9 Å². The van der Waals surface area contributed by atoms with Crippen LogP contribution in [-0.2, 0) is 0 Å². The van der Waals surface area contributed by atoms with E-state index in [1.807, 2.05) is 19.9 Å². The van der Waals surface area contributed by atoms with Crippen LogP contribution in [0.4, 0.5) is 19.0 Å². The average molecular weight is 493 g/mol. The number of anilines is 1. The van der Waals surface area contributed by atoms with Gasteiger partial charge in [0.1, 0.15) is 11.4 Å². The summed E-state index contributed by atoms with van der Waals surface area (Å²) in [6.45, 7) is 8.37. The van der Waals surface area contributed by atoms with Gasteiger partial charge in [0, 0.05) is 31.6 Å². The van der Waals surface area contributed by atoms with Crippen molar-refractivity contribution in [2.24, 2.45) is 0 Å². The van der Waals surface area contributed by atoms with E-state index >= 15 is 0 Å². The van der Waals surface area contributed by atoms with Gasteiger partial charge >= 0.3 is 6.18 Å². The second kappa shape index (κ2) is 10.6. The van der Waals surface area contributed by atoms with Gasteiger partial charge in [-0.1, -0.05) is 36.8 Å². The third-order valence-corrected chi connectivity index (χ3v) is 6.76. The van der Waals surface area contributed by atoms with Crippen LogP contribution in [0.2, 0.25) is 0 Å². The second-order valence-corrected chi connectivity index (χ2v) is 10.2. The Morgan fingerprint density at radius 3 is 2.54 bits per heavy atom. The Morgan fingerprint density at radius 2 is 1.86 bits per heavy atom. The van der Waals surface area contributed by atoms with E-state index in [1.165, 1.54) is 25.5 Å². The summed E-state index contributed by atoms with van der Waals surface area (Å²) in [7, 11) is 0. The number of likely N-dealkylation sites (tertiary alicyclic amines) is 1. The fraction of sp³-hybridized carbons (Fsp3) is 0.600. The van der Waals surface area contributed by atoms with E-state index in [9.17, 15) is 18.0 Å². The molecule has 10 heteroatoms. The number of fused-ring (bicyclic) bond motifs is 1. The first kappa shape index (κ1) is 25.5. The van der Waals surface area contributed by atoms with Crippen LogP contribution in [0.25, 0.3) is 0 Å². The first-order valence-electron chi connectivity index (χ1n) is 12.4. The summed E-state index contributed by atoms with van der Waals surface area (Å²) >= 11 is 0. The fourth-order valence-corrected chi connectivity index (χ4v) is 4.87. The predicted octanol–water partition coefficient (Wildman–Crippen LogP) is 4.13. The summed E-state index contributed by atoms with van der Waals surface area (Å²) in [6.07, 6.45) is 0.324. The smallest absolute Gasteiger partial charge is 0.363 e. The first-order chi connectivity index (χ1) is 16.6. The number of benzene rings is 1. The molecule has 3 heterocycles. The number of alkyl halides is 3. The highest BCUT2D eigenvalue weighted by molar-refractivity contribution is 5.99. The van der Waals surface area contributed by atoms with Gasteiger partial charge in [-0.05, 0) is 45.3 Å². The summed E-state index contributed by atoms with van der Waals surface area (Å²) in [5.74, 6) is -0.352. The van der Waals surface area contributed by atoms with Gasteiger partial charge in [0.15, 0.2) is 6.04 Å². The lowest BCUT2D eigenvalue weighted by Crippen LogP contribution is -2.51. The highest BCUT2D eigenvalue weighted by atomic mass is 19.4. The number of piperidine rings is 1. The molecular weight excluding hydrogens is 457 g/mol. The number of halogens is 3. The standard InChI is InChI=1S/C25H35F3N6O/c1-24(2,17-29-11-14-33-12-7-4-8-13-33)32-23(35)19-16-30-34-21(25(26,27)28)15-20(31-22(19)34)18-9-5-3-6-10-18/h3,5-6,9-10,16,20-21,29,31H,4,7-8,11-15,17H2,1-2H3,(H,32,35)/t20?,21-/m0/s1. The molecule has 3 N–H and O–H groups in total. The van der Waals surface area contributed by atoms with Crippen molar-refractivity contribution in [1.82, 2.24) is 25.3 Å². The van der Waals surface area contributed by atoms with Crippen LogP contribution in [0.5, 0.6) is 0 Å². The van der Waals surface area contributed by atoms with Gasteiger partial charge in [0.2, 0.25) is 0 Å². The molecule has 192 valence electrons. The zero-order valence-corrected chi connectivity index (χ0v) is 20.4. The molecule has 2 aliphatic heterocycles. The minimum atomic E-state index is -4.48. The maximum absolute atomic E-state index is 13.9. The molecule has 0 aliphatic carbocycles. The van der Waals surface area contributed by atoms with Crippen molar-refractivity contribution >= 4 is 11.7 Å². The zero-order valence-electron chi connectivity index (χ0n) is 20.4. The maximum Gasteiger partial charge on any atom is 0.410 e. The largest absolute Gasteiger partial charge is 0.410 e. The average Bonchev–Trinajstić information content (AvgIpc) is 3.26. The molecule has 1 aromatic heterocycles. The van der Waals surface area contributed by atoms with Crippen molar-refractivity contribution in [3.63, 3.8) is 0 Å². The van der Waals surface area contributed by atoms with E-state index in [-0.39, 0.29) is 17.8 Å². The molecule has 0 radical (unpaired) electrons. The summed E-state index contributed by atoms with van der Waals surface area (Å²) in [5.41, 5.74) is 0.255. The number of nitrogens with zero attached hydrogens (tertiary/aromatic N) is 3.